The first kappa shape index (κ1) is 14.4. The van der Waals surface area contributed by atoms with Crippen molar-refractivity contribution >= 4 is 0 Å². The Kier molecular flexibility index (Phi) is 6.01. The smallest absolute Gasteiger partial charge is 0.00726 e. The molecule has 0 saturated heterocycles. The van der Waals surface area contributed by atoms with Crippen LogP contribution in [0.1, 0.15) is 84.0 Å². The number of hydrogen-bond acceptors (Lipinski definition) is 1. The molecule has 2 aliphatic carbocycles. The van der Waals surface area contributed by atoms with Crippen LogP contribution in [0.5, 0.6) is 0 Å². The summed E-state index contributed by atoms with van der Waals surface area (Å²) in [6.45, 7) is 2.29. The fourth-order valence-corrected chi connectivity index (χ4v) is 4.22. The lowest BCUT2D eigenvalue weighted by atomic mass is 9.98. The molecule has 0 aromatic heterocycles. The zero-order valence-corrected chi connectivity index (χ0v) is 12.4. The Labute approximate surface area is 114 Å². The maximum Gasteiger partial charge on any atom is 0.00726 e. The minimum Gasteiger partial charge on any atom is -0.327 e. The van der Waals surface area contributed by atoms with Gasteiger partial charge in [0.25, 0.3) is 0 Å². The zero-order valence-electron chi connectivity index (χ0n) is 12.4. The monoisotopic (exact) mass is 251 g/mol. The minimum absolute atomic E-state index is 0.542. The second-order valence-electron chi connectivity index (χ2n) is 6.76. The summed E-state index contributed by atoms with van der Waals surface area (Å²) >= 11 is 0. The van der Waals surface area contributed by atoms with Gasteiger partial charge in [-0.3, -0.25) is 0 Å². The minimum atomic E-state index is 0.542. The number of nitrogens with two attached hydrogens (primary N) is 1. The van der Waals surface area contributed by atoms with Crippen molar-refractivity contribution in [3.8, 4) is 0 Å². The van der Waals surface area contributed by atoms with E-state index >= 15 is 0 Å². The summed E-state index contributed by atoms with van der Waals surface area (Å²) < 4.78 is 0. The normalized spacial score (nSPS) is 31.3. The van der Waals surface area contributed by atoms with Crippen molar-refractivity contribution in [2.45, 2.75) is 90.0 Å². The molecule has 0 amide bonds. The summed E-state index contributed by atoms with van der Waals surface area (Å²) in [6, 6.07) is 0.542. The van der Waals surface area contributed by atoms with E-state index in [1.54, 1.807) is 0 Å². The van der Waals surface area contributed by atoms with Gasteiger partial charge in [-0.1, -0.05) is 64.7 Å². The Morgan fingerprint density at radius 1 is 0.889 bits per heavy atom. The van der Waals surface area contributed by atoms with Gasteiger partial charge in [0, 0.05) is 6.04 Å². The molecular formula is C17H33N. The maximum atomic E-state index is 6.35. The summed E-state index contributed by atoms with van der Waals surface area (Å²) in [7, 11) is 0. The molecule has 0 aromatic carbocycles. The molecule has 0 heterocycles. The first-order chi connectivity index (χ1) is 8.84. The van der Waals surface area contributed by atoms with Crippen molar-refractivity contribution in [1.29, 1.82) is 0 Å². The van der Waals surface area contributed by atoms with Crippen LogP contribution in [0.3, 0.4) is 0 Å². The van der Waals surface area contributed by atoms with Gasteiger partial charge in [-0.2, -0.15) is 0 Å². The van der Waals surface area contributed by atoms with Gasteiger partial charge in [0.05, 0.1) is 0 Å². The molecule has 2 rings (SSSR count). The third-order valence-electron chi connectivity index (χ3n) is 5.36. The van der Waals surface area contributed by atoms with E-state index in [0.29, 0.717) is 6.04 Å². The molecule has 3 atom stereocenters. The van der Waals surface area contributed by atoms with E-state index < -0.39 is 0 Å². The van der Waals surface area contributed by atoms with Crippen LogP contribution in [-0.4, -0.2) is 6.04 Å². The molecular weight excluding hydrogens is 218 g/mol. The molecule has 18 heavy (non-hydrogen) atoms. The molecule has 2 fully saturated rings. The lowest BCUT2D eigenvalue weighted by molar-refractivity contribution is 0.440. The Bertz CT molecular complexity index is 216. The molecule has 106 valence electrons. The van der Waals surface area contributed by atoms with E-state index in [0.717, 1.165) is 17.8 Å². The van der Waals surface area contributed by atoms with Crippen molar-refractivity contribution in [3.63, 3.8) is 0 Å². The summed E-state index contributed by atoms with van der Waals surface area (Å²) in [6.07, 6.45) is 17.1. The number of fused-ring (bicyclic) bond motifs is 1. The highest BCUT2D eigenvalue weighted by Crippen LogP contribution is 2.59. The van der Waals surface area contributed by atoms with Gasteiger partial charge in [0.2, 0.25) is 0 Å². The predicted octanol–water partition coefficient (Wildman–Crippen LogP) is 4.89. The van der Waals surface area contributed by atoms with E-state index in [1.165, 1.54) is 77.0 Å². The van der Waals surface area contributed by atoms with Crippen LogP contribution in [0.15, 0.2) is 0 Å². The van der Waals surface area contributed by atoms with Gasteiger partial charge >= 0.3 is 0 Å². The average Bonchev–Trinajstić information content (AvgIpc) is 2.86. The molecule has 2 aliphatic rings. The standard InChI is InChI=1S/C17H33N/c1-2-3-4-5-6-7-8-9-13-16(18)17-14-11-10-12-15(14)17/h14-17H,2-13,18H2,1H3. The van der Waals surface area contributed by atoms with Crippen molar-refractivity contribution in [3.05, 3.63) is 0 Å². The van der Waals surface area contributed by atoms with Gasteiger partial charge in [0.15, 0.2) is 0 Å². The summed E-state index contributed by atoms with van der Waals surface area (Å²) in [5.74, 6) is 3.03. The van der Waals surface area contributed by atoms with E-state index in [1.807, 2.05) is 0 Å². The fraction of sp³-hybridized carbons (Fsp3) is 1.00. The van der Waals surface area contributed by atoms with Crippen molar-refractivity contribution in [2.24, 2.45) is 23.5 Å². The van der Waals surface area contributed by atoms with Crippen LogP contribution < -0.4 is 5.73 Å². The lowest BCUT2D eigenvalue weighted by Gasteiger charge is -2.13. The van der Waals surface area contributed by atoms with E-state index in [2.05, 4.69) is 6.92 Å². The van der Waals surface area contributed by atoms with E-state index in [-0.39, 0.29) is 0 Å². The van der Waals surface area contributed by atoms with Gasteiger partial charge in [-0.25, -0.2) is 0 Å². The summed E-state index contributed by atoms with van der Waals surface area (Å²) in [5, 5.41) is 0. The van der Waals surface area contributed by atoms with Crippen LogP contribution in [-0.2, 0) is 0 Å². The zero-order chi connectivity index (χ0) is 12.8. The quantitative estimate of drug-likeness (QED) is 0.550. The Hall–Kier alpha value is -0.0400. The molecule has 2 N–H and O–H groups in total. The van der Waals surface area contributed by atoms with Crippen LogP contribution in [0.2, 0.25) is 0 Å². The highest BCUT2D eigenvalue weighted by atomic mass is 14.7. The van der Waals surface area contributed by atoms with Crippen LogP contribution >= 0.6 is 0 Å². The highest BCUT2D eigenvalue weighted by Gasteiger charge is 2.54. The molecule has 1 nitrogen and oxygen atoms in total. The number of hydrogen-bond donors (Lipinski definition) is 1. The molecule has 0 aromatic rings. The van der Waals surface area contributed by atoms with Gasteiger partial charge in [0.1, 0.15) is 0 Å². The lowest BCUT2D eigenvalue weighted by Crippen LogP contribution is -2.24. The average molecular weight is 251 g/mol. The van der Waals surface area contributed by atoms with Crippen molar-refractivity contribution in [1.82, 2.24) is 0 Å². The third kappa shape index (κ3) is 3.98. The van der Waals surface area contributed by atoms with E-state index in [9.17, 15) is 0 Å². The van der Waals surface area contributed by atoms with Crippen molar-refractivity contribution < 1.29 is 0 Å². The molecule has 0 bridgehead atoms. The summed E-state index contributed by atoms with van der Waals surface area (Å²) in [5.41, 5.74) is 6.35. The molecule has 1 heteroatoms. The van der Waals surface area contributed by atoms with Gasteiger partial charge in [-0.05, 0) is 37.0 Å². The topological polar surface area (TPSA) is 26.0 Å². The Balaban J connectivity index is 1.39. The van der Waals surface area contributed by atoms with Gasteiger partial charge in [-0.15, -0.1) is 0 Å². The second-order valence-corrected chi connectivity index (χ2v) is 6.76. The Morgan fingerprint density at radius 2 is 1.44 bits per heavy atom. The molecule has 2 saturated carbocycles. The third-order valence-corrected chi connectivity index (χ3v) is 5.36. The number of unbranched alkanes of at least 4 members (excludes halogenated alkanes) is 7. The highest BCUT2D eigenvalue weighted by molar-refractivity contribution is 5.05. The SMILES string of the molecule is CCCCCCCCCCC(N)C1C2CCCC21. The second kappa shape index (κ2) is 7.53. The van der Waals surface area contributed by atoms with Gasteiger partial charge < -0.3 is 5.73 Å². The molecule has 0 spiro atoms. The largest absolute Gasteiger partial charge is 0.327 e. The van der Waals surface area contributed by atoms with Crippen LogP contribution in [0.4, 0.5) is 0 Å². The number of rotatable bonds is 10. The van der Waals surface area contributed by atoms with E-state index in [4.69, 9.17) is 5.73 Å². The maximum absolute atomic E-state index is 6.35. The molecule has 0 aliphatic heterocycles. The predicted molar refractivity (Wildman–Crippen MR) is 79.5 cm³/mol. The van der Waals surface area contributed by atoms with Crippen LogP contribution in [0.25, 0.3) is 0 Å². The summed E-state index contributed by atoms with van der Waals surface area (Å²) in [4.78, 5) is 0. The van der Waals surface area contributed by atoms with Crippen molar-refractivity contribution in [2.75, 3.05) is 0 Å². The van der Waals surface area contributed by atoms with Crippen LogP contribution in [0, 0.1) is 17.8 Å². The fourth-order valence-electron chi connectivity index (χ4n) is 4.22. The first-order valence-electron chi connectivity index (χ1n) is 8.60. The Morgan fingerprint density at radius 3 is 2.06 bits per heavy atom. The molecule has 0 radical (unpaired) electrons. The first-order valence-corrected chi connectivity index (χ1v) is 8.60. The molecule has 3 unspecified atom stereocenters.